The zero-order valence-electron chi connectivity index (χ0n) is 32.1. The number of rotatable bonds is 18. The molecule has 3 amide bonds. The van der Waals surface area contributed by atoms with Crippen molar-refractivity contribution in [2.45, 2.75) is 64.3 Å². The minimum atomic E-state index is -1.85. The summed E-state index contributed by atoms with van der Waals surface area (Å²) in [5, 5.41) is 34.3. The zero-order valence-corrected chi connectivity index (χ0v) is 32.1. The van der Waals surface area contributed by atoms with Crippen LogP contribution in [-0.4, -0.2) is 76.9 Å². The highest BCUT2D eigenvalue weighted by atomic mass is 16.5. The number of carbonyl (C=O) groups excluding carboxylic acids is 3. The molecular formula is C45H52N4O7. The van der Waals surface area contributed by atoms with Gasteiger partial charge in [0.15, 0.2) is 5.60 Å². The summed E-state index contributed by atoms with van der Waals surface area (Å²) in [6, 6.07) is 29.7. The molecule has 11 nitrogen and oxygen atoms in total. The predicted molar refractivity (Wildman–Crippen MR) is 216 cm³/mol. The van der Waals surface area contributed by atoms with E-state index in [0.717, 1.165) is 34.5 Å². The number of aliphatic hydroxyl groups is 3. The third kappa shape index (κ3) is 8.71. The van der Waals surface area contributed by atoms with E-state index in [2.05, 4.69) is 5.32 Å². The Balaban J connectivity index is 1.18. The molecule has 0 aromatic heterocycles. The van der Waals surface area contributed by atoms with Crippen LogP contribution in [-0.2, 0) is 39.5 Å². The number of unbranched alkanes of at least 4 members (excludes halogenated alkanes) is 1. The largest absolute Gasteiger partial charge is 0.494 e. The Morgan fingerprint density at radius 1 is 0.946 bits per heavy atom. The molecule has 2 aliphatic heterocycles. The van der Waals surface area contributed by atoms with Gasteiger partial charge in [-0.05, 0) is 85.8 Å². The molecule has 1 unspecified atom stereocenters. The normalized spacial score (nSPS) is 18.3. The molecule has 0 saturated carbocycles. The molecule has 4 aromatic carbocycles. The molecule has 0 spiro atoms. The summed E-state index contributed by atoms with van der Waals surface area (Å²) in [5.41, 5.74) is 3.48. The summed E-state index contributed by atoms with van der Waals surface area (Å²) >= 11 is 0. The van der Waals surface area contributed by atoms with Crippen molar-refractivity contribution < 1.29 is 34.4 Å². The van der Waals surface area contributed by atoms with E-state index in [1.165, 1.54) is 0 Å². The molecule has 6 rings (SSSR count). The van der Waals surface area contributed by atoms with Crippen molar-refractivity contribution in [1.82, 2.24) is 10.2 Å². The standard InChI is InChI=1S/C45H52N4O7/c1-3-56-37-22-23-40-35(28-37)29-39(46-24-9-10-26-50)43(53)49(40)36-20-18-34(19-21-36)31-48-41-16-8-7-15-38(41)45(55,44(48)54)32(2)12-11-17-42(52)47(25-27-51)30-33-13-5-4-6-14-33/h4-8,11-16,18-23,28,32,39,46,50-51,55H,3,9-10,17,24-27,29-31H2,1-2H3/b12-11+/t32-,39?,45+/m0/s1. The molecule has 11 heteroatoms. The number of nitrogens with one attached hydrogen (secondary N) is 1. The number of nitrogens with zero attached hydrogens (tertiary/aromatic N) is 3. The number of para-hydroxylation sites is 1. The van der Waals surface area contributed by atoms with Gasteiger partial charge in [0.05, 0.1) is 37.2 Å². The lowest BCUT2D eigenvalue weighted by Crippen LogP contribution is -2.49. The quantitative estimate of drug-likeness (QED) is 0.0784. The smallest absolute Gasteiger partial charge is 0.264 e. The van der Waals surface area contributed by atoms with Gasteiger partial charge in [0.2, 0.25) is 11.8 Å². The van der Waals surface area contributed by atoms with Gasteiger partial charge in [-0.15, -0.1) is 0 Å². The lowest BCUT2D eigenvalue weighted by Gasteiger charge is -2.35. The van der Waals surface area contributed by atoms with Crippen LogP contribution in [0.15, 0.2) is 109 Å². The Morgan fingerprint density at radius 3 is 2.43 bits per heavy atom. The SMILES string of the molecule is CCOc1ccc2c(c1)CC(NCCCCO)C(=O)N2c1ccc(CN2C(=O)[C@@](O)([C@@H](C)/C=C/CC(=O)N(CCO)Cc3ccccc3)c3ccccc32)cc1. The van der Waals surface area contributed by atoms with Crippen molar-refractivity contribution >= 4 is 34.8 Å². The molecule has 4 N–H and O–H groups in total. The van der Waals surface area contributed by atoms with Crippen LogP contribution in [0.4, 0.5) is 17.1 Å². The van der Waals surface area contributed by atoms with E-state index in [4.69, 9.17) is 4.74 Å². The predicted octanol–water partition coefficient (Wildman–Crippen LogP) is 5.37. The number of carbonyl (C=O) groups is 3. The van der Waals surface area contributed by atoms with Gasteiger partial charge in [0, 0.05) is 43.3 Å². The van der Waals surface area contributed by atoms with Crippen molar-refractivity contribution in [3.63, 3.8) is 0 Å². The Kier molecular flexibility index (Phi) is 13.4. The number of hydrogen-bond donors (Lipinski definition) is 4. The Hall–Kier alpha value is -5.33. The first kappa shape index (κ1) is 40.3. The van der Waals surface area contributed by atoms with E-state index in [1.54, 1.807) is 45.9 Å². The van der Waals surface area contributed by atoms with Crippen LogP contribution in [0.3, 0.4) is 0 Å². The van der Waals surface area contributed by atoms with Crippen molar-refractivity contribution in [3.05, 3.63) is 131 Å². The van der Waals surface area contributed by atoms with E-state index in [-0.39, 0.29) is 44.5 Å². The second kappa shape index (κ2) is 18.5. The maximum absolute atomic E-state index is 14.2. The second-order valence-corrected chi connectivity index (χ2v) is 14.3. The summed E-state index contributed by atoms with van der Waals surface area (Å²) < 4.78 is 5.77. The number of anilines is 3. The van der Waals surface area contributed by atoms with E-state index in [9.17, 15) is 29.7 Å². The summed E-state index contributed by atoms with van der Waals surface area (Å²) in [6.45, 7) is 5.54. The van der Waals surface area contributed by atoms with E-state index < -0.39 is 23.5 Å². The number of benzene rings is 4. The highest BCUT2D eigenvalue weighted by Gasteiger charge is 2.52. The van der Waals surface area contributed by atoms with Crippen molar-refractivity contribution in [2.24, 2.45) is 5.92 Å². The summed E-state index contributed by atoms with van der Waals surface area (Å²) in [7, 11) is 0. The third-order valence-electron chi connectivity index (χ3n) is 10.5. The van der Waals surface area contributed by atoms with Crippen LogP contribution >= 0.6 is 0 Å². The number of fused-ring (bicyclic) bond motifs is 2. The minimum absolute atomic E-state index is 0.0529. The number of hydrogen-bond acceptors (Lipinski definition) is 8. The number of ether oxygens (including phenoxy) is 1. The van der Waals surface area contributed by atoms with E-state index in [1.807, 2.05) is 91.9 Å². The first-order chi connectivity index (χ1) is 27.2. The molecule has 0 aliphatic carbocycles. The first-order valence-corrected chi connectivity index (χ1v) is 19.5. The van der Waals surface area contributed by atoms with Gasteiger partial charge < -0.3 is 35.2 Å². The fourth-order valence-electron chi connectivity index (χ4n) is 7.57. The molecule has 0 saturated heterocycles. The van der Waals surface area contributed by atoms with Gasteiger partial charge in [0.25, 0.3) is 5.91 Å². The molecule has 294 valence electrons. The molecule has 4 aromatic rings. The minimum Gasteiger partial charge on any atom is -0.494 e. The lowest BCUT2D eigenvalue weighted by atomic mass is 9.83. The van der Waals surface area contributed by atoms with Gasteiger partial charge in [-0.2, -0.15) is 0 Å². The highest BCUT2D eigenvalue weighted by Crippen LogP contribution is 2.46. The molecule has 2 aliphatic rings. The van der Waals surface area contributed by atoms with Crippen LogP contribution in [0.5, 0.6) is 5.75 Å². The number of aliphatic hydroxyl groups excluding tert-OH is 2. The molecule has 0 radical (unpaired) electrons. The van der Waals surface area contributed by atoms with Crippen LogP contribution in [0.25, 0.3) is 0 Å². The Labute approximate surface area is 328 Å². The zero-order chi connectivity index (χ0) is 39.7. The Bertz CT molecular complexity index is 2000. The van der Waals surface area contributed by atoms with Crippen LogP contribution in [0, 0.1) is 5.92 Å². The lowest BCUT2D eigenvalue weighted by molar-refractivity contribution is -0.139. The van der Waals surface area contributed by atoms with Crippen LogP contribution in [0.1, 0.15) is 55.4 Å². The van der Waals surface area contributed by atoms with E-state index >= 15 is 0 Å². The summed E-state index contributed by atoms with van der Waals surface area (Å²) in [5.74, 6) is -0.621. The van der Waals surface area contributed by atoms with Gasteiger partial charge in [-0.25, -0.2) is 0 Å². The maximum Gasteiger partial charge on any atom is 0.264 e. The number of amides is 3. The molecule has 0 fully saturated rings. The van der Waals surface area contributed by atoms with Gasteiger partial charge >= 0.3 is 0 Å². The monoisotopic (exact) mass is 760 g/mol. The summed E-state index contributed by atoms with van der Waals surface area (Å²) in [6.07, 6.45) is 5.37. The fraction of sp³-hybridized carbons (Fsp3) is 0.356. The summed E-state index contributed by atoms with van der Waals surface area (Å²) in [4.78, 5) is 46.2. The Morgan fingerprint density at radius 2 is 1.70 bits per heavy atom. The molecule has 2 heterocycles. The average Bonchev–Trinajstić information content (AvgIpc) is 3.43. The topological polar surface area (TPSA) is 143 Å². The van der Waals surface area contributed by atoms with Gasteiger partial charge in [0.1, 0.15) is 5.75 Å². The average molecular weight is 761 g/mol. The van der Waals surface area contributed by atoms with Crippen molar-refractivity contribution in [3.8, 4) is 5.75 Å². The van der Waals surface area contributed by atoms with Crippen LogP contribution < -0.4 is 19.9 Å². The first-order valence-electron chi connectivity index (χ1n) is 19.5. The highest BCUT2D eigenvalue weighted by molar-refractivity contribution is 6.08. The van der Waals surface area contributed by atoms with Gasteiger partial charge in [-0.3, -0.25) is 19.3 Å². The maximum atomic E-state index is 14.2. The molecular weight excluding hydrogens is 709 g/mol. The second-order valence-electron chi connectivity index (χ2n) is 14.3. The molecule has 0 bridgehead atoms. The molecule has 56 heavy (non-hydrogen) atoms. The molecule has 3 atom stereocenters. The fourth-order valence-corrected chi connectivity index (χ4v) is 7.57. The van der Waals surface area contributed by atoms with E-state index in [0.29, 0.717) is 49.5 Å². The third-order valence-corrected chi connectivity index (χ3v) is 10.5. The van der Waals surface area contributed by atoms with Gasteiger partial charge in [-0.1, -0.05) is 79.7 Å². The van der Waals surface area contributed by atoms with Crippen LogP contribution in [0.2, 0.25) is 0 Å². The van der Waals surface area contributed by atoms with Crippen molar-refractivity contribution in [1.29, 1.82) is 0 Å². The van der Waals surface area contributed by atoms with Crippen molar-refractivity contribution in [2.75, 3.05) is 42.7 Å².